The third-order valence-corrected chi connectivity index (χ3v) is 4.83. The van der Waals surface area contributed by atoms with Crippen molar-refractivity contribution in [2.24, 2.45) is 0 Å². The zero-order chi connectivity index (χ0) is 20.5. The number of hydrogen-bond donors (Lipinski definition) is 0. The Balaban J connectivity index is 0. The summed E-state index contributed by atoms with van der Waals surface area (Å²) in [5.74, 6) is -0.888. The SMILES string of the molecule is CCCCCCCCOC(=O)c1ccccc1C(=O)OCCCCCCCC.[KH].[KH]. The summed E-state index contributed by atoms with van der Waals surface area (Å²) in [4.78, 5) is 24.7. The summed E-state index contributed by atoms with van der Waals surface area (Å²) >= 11 is 0. The fourth-order valence-electron chi connectivity index (χ4n) is 3.09. The van der Waals surface area contributed by atoms with Gasteiger partial charge in [-0.3, -0.25) is 0 Å². The number of carbonyl (C=O) groups excluding carboxylic acids is 2. The van der Waals surface area contributed by atoms with Gasteiger partial charge in [-0.05, 0) is 25.0 Å². The van der Waals surface area contributed by atoms with Gasteiger partial charge >= 0.3 is 115 Å². The van der Waals surface area contributed by atoms with Crippen LogP contribution in [-0.2, 0) is 9.47 Å². The van der Waals surface area contributed by atoms with Crippen LogP contribution in [0.5, 0.6) is 0 Å². The molecule has 0 aromatic heterocycles. The van der Waals surface area contributed by atoms with Crippen LogP contribution >= 0.6 is 0 Å². The first-order chi connectivity index (χ1) is 13.7. The Kier molecular flexibility index (Phi) is 26.4. The number of esters is 2. The molecule has 30 heavy (non-hydrogen) atoms. The van der Waals surface area contributed by atoms with Crippen LogP contribution in [0.4, 0.5) is 0 Å². The van der Waals surface area contributed by atoms with Crippen LogP contribution in [0.3, 0.4) is 0 Å². The second kappa shape index (κ2) is 23.6. The summed E-state index contributed by atoms with van der Waals surface area (Å²) in [6, 6.07) is 6.74. The molecule has 0 atom stereocenters. The van der Waals surface area contributed by atoms with Crippen molar-refractivity contribution in [1.29, 1.82) is 0 Å². The van der Waals surface area contributed by atoms with Crippen molar-refractivity contribution in [2.45, 2.75) is 90.9 Å². The number of unbranched alkanes of at least 4 members (excludes halogenated alkanes) is 10. The maximum atomic E-state index is 12.4. The van der Waals surface area contributed by atoms with E-state index in [1.54, 1.807) is 24.3 Å². The Bertz CT molecular complexity index is 515. The van der Waals surface area contributed by atoms with Gasteiger partial charge in [0, 0.05) is 0 Å². The molecule has 0 heterocycles. The molecule has 0 aliphatic heterocycles. The number of ether oxygens (including phenoxy) is 2. The molecule has 0 saturated heterocycles. The Morgan fingerprint density at radius 3 is 1.30 bits per heavy atom. The summed E-state index contributed by atoms with van der Waals surface area (Å²) in [7, 11) is 0. The first kappa shape index (κ1) is 33.6. The topological polar surface area (TPSA) is 52.6 Å². The Morgan fingerprint density at radius 1 is 0.600 bits per heavy atom. The van der Waals surface area contributed by atoms with Gasteiger partial charge in [-0.25, -0.2) is 9.59 Å². The van der Waals surface area contributed by atoms with E-state index in [2.05, 4.69) is 13.8 Å². The fourth-order valence-corrected chi connectivity index (χ4v) is 3.09. The van der Waals surface area contributed by atoms with Gasteiger partial charge in [0.1, 0.15) is 0 Å². The molecule has 0 radical (unpaired) electrons. The van der Waals surface area contributed by atoms with E-state index in [1.807, 2.05) is 0 Å². The molecular formula is C24H40K2O4. The molecule has 0 N–H and O–H groups in total. The van der Waals surface area contributed by atoms with Crippen molar-refractivity contribution < 1.29 is 19.1 Å². The quantitative estimate of drug-likeness (QED) is 0.184. The fraction of sp³-hybridized carbons (Fsp3) is 0.667. The standard InChI is InChI=1S/C24H38O4.2K.2H/c1-3-5-7-9-11-15-19-27-23(25)21-17-13-14-18-22(21)24(26)28-20-16-12-10-8-6-4-2;;;;/h13-14,17-18H,3-12,15-16,19-20H2,1-2H3;;;;. The molecule has 1 aromatic carbocycles. The first-order valence-electron chi connectivity index (χ1n) is 11.1. The van der Waals surface area contributed by atoms with Gasteiger partial charge in [-0.2, -0.15) is 0 Å². The molecule has 1 aromatic rings. The first-order valence-corrected chi connectivity index (χ1v) is 11.1. The van der Waals surface area contributed by atoms with E-state index in [9.17, 15) is 9.59 Å². The molecule has 0 bridgehead atoms. The zero-order valence-electron chi connectivity index (χ0n) is 17.8. The summed E-state index contributed by atoms with van der Waals surface area (Å²) in [6.45, 7) is 5.17. The monoisotopic (exact) mass is 470 g/mol. The van der Waals surface area contributed by atoms with Crippen LogP contribution in [0, 0.1) is 0 Å². The maximum absolute atomic E-state index is 12.4. The van der Waals surface area contributed by atoms with E-state index in [4.69, 9.17) is 9.47 Å². The van der Waals surface area contributed by atoms with Gasteiger partial charge in [0.15, 0.2) is 0 Å². The Hall–Kier alpha value is 1.43. The molecule has 0 unspecified atom stereocenters. The van der Waals surface area contributed by atoms with E-state index in [-0.39, 0.29) is 103 Å². The zero-order valence-corrected chi connectivity index (χ0v) is 17.8. The van der Waals surface area contributed by atoms with E-state index in [0.29, 0.717) is 24.3 Å². The van der Waals surface area contributed by atoms with Crippen molar-refractivity contribution in [3.05, 3.63) is 35.4 Å². The van der Waals surface area contributed by atoms with Crippen molar-refractivity contribution in [2.75, 3.05) is 13.2 Å². The van der Waals surface area contributed by atoms with Crippen LogP contribution in [0.25, 0.3) is 0 Å². The number of hydrogen-bond acceptors (Lipinski definition) is 4. The molecule has 0 aliphatic carbocycles. The van der Waals surface area contributed by atoms with E-state index in [1.165, 1.54) is 51.4 Å². The third kappa shape index (κ3) is 16.1. The second-order valence-corrected chi connectivity index (χ2v) is 7.35. The molecule has 0 aliphatic rings. The van der Waals surface area contributed by atoms with Gasteiger partial charge in [0.2, 0.25) is 0 Å². The molecule has 0 saturated carbocycles. The van der Waals surface area contributed by atoms with Crippen molar-refractivity contribution in [1.82, 2.24) is 0 Å². The van der Waals surface area contributed by atoms with Gasteiger partial charge in [0.05, 0.1) is 24.3 Å². The predicted octanol–water partition coefficient (Wildman–Crippen LogP) is 5.42. The van der Waals surface area contributed by atoms with Crippen LogP contribution in [0.1, 0.15) is 112 Å². The molecule has 0 amide bonds. The molecule has 0 spiro atoms. The summed E-state index contributed by atoms with van der Waals surface area (Å²) in [5, 5.41) is 0. The van der Waals surface area contributed by atoms with Crippen LogP contribution in [0.15, 0.2) is 24.3 Å². The van der Waals surface area contributed by atoms with Crippen LogP contribution < -0.4 is 0 Å². The van der Waals surface area contributed by atoms with Gasteiger partial charge in [-0.15, -0.1) is 0 Å². The van der Waals surface area contributed by atoms with Crippen molar-refractivity contribution >= 4 is 115 Å². The average Bonchev–Trinajstić information content (AvgIpc) is 2.72. The minimum atomic E-state index is -0.444. The number of rotatable bonds is 16. The molecular weight excluding hydrogens is 430 g/mol. The van der Waals surface area contributed by atoms with Gasteiger partial charge in [0.25, 0.3) is 0 Å². The molecule has 1 rings (SSSR count). The number of carbonyl (C=O) groups is 2. The van der Waals surface area contributed by atoms with Gasteiger partial charge in [-0.1, -0.05) is 90.2 Å². The molecule has 4 nitrogen and oxygen atoms in total. The summed E-state index contributed by atoms with van der Waals surface area (Å²) < 4.78 is 10.7. The van der Waals surface area contributed by atoms with E-state index < -0.39 is 11.9 Å². The Morgan fingerprint density at radius 2 is 0.933 bits per heavy atom. The van der Waals surface area contributed by atoms with Gasteiger partial charge < -0.3 is 9.47 Å². The van der Waals surface area contributed by atoms with Crippen LogP contribution in [-0.4, -0.2) is 128 Å². The molecule has 6 heteroatoms. The number of benzene rings is 1. The van der Waals surface area contributed by atoms with E-state index in [0.717, 1.165) is 25.7 Å². The van der Waals surface area contributed by atoms with Crippen molar-refractivity contribution in [3.8, 4) is 0 Å². The third-order valence-electron chi connectivity index (χ3n) is 4.83. The predicted molar refractivity (Wildman–Crippen MR) is 128 cm³/mol. The average molecular weight is 471 g/mol. The minimum absolute atomic E-state index is 0. The van der Waals surface area contributed by atoms with Crippen LogP contribution in [0.2, 0.25) is 0 Å². The van der Waals surface area contributed by atoms with E-state index >= 15 is 0 Å². The normalized spacial score (nSPS) is 9.93. The summed E-state index contributed by atoms with van der Waals surface area (Å²) in [5.41, 5.74) is 0.586. The molecule has 0 fully saturated rings. The Labute approximate surface area is 268 Å². The second-order valence-electron chi connectivity index (χ2n) is 7.35. The molecule has 162 valence electrons. The summed E-state index contributed by atoms with van der Waals surface area (Å²) in [6.07, 6.45) is 13.6. The van der Waals surface area contributed by atoms with Crippen molar-refractivity contribution in [3.63, 3.8) is 0 Å².